The summed E-state index contributed by atoms with van der Waals surface area (Å²) in [5.74, 6) is 0.155. The van der Waals surface area contributed by atoms with Gasteiger partial charge in [0.2, 0.25) is 0 Å². The maximum atomic E-state index is 12.2. The van der Waals surface area contributed by atoms with E-state index in [-0.39, 0.29) is 18.3 Å². The highest BCUT2D eigenvalue weighted by Gasteiger charge is 2.27. The van der Waals surface area contributed by atoms with Gasteiger partial charge in [0.25, 0.3) is 0 Å². The first-order chi connectivity index (χ1) is 10.5. The van der Waals surface area contributed by atoms with E-state index in [0.29, 0.717) is 5.75 Å². The van der Waals surface area contributed by atoms with Crippen LogP contribution < -0.4 is 4.74 Å². The summed E-state index contributed by atoms with van der Waals surface area (Å²) in [5, 5.41) is 0. The van der Waals surface area contributed by atoms with Crippen LogP contribution >= 0.6 is 7.60 Å². The van der Waals surface area contributed by atoms with Gasteiger partial charge in [0.05, 0.1) is 19.9 Å². The Balaban J connectivity index is 3.10. The lowest BCUT2D eigenvalue weighted by molar-refractivity contribution is -0.138. The van der Waals surface area contributed by atoms with Crippen molar-refractivity contribution in [1.82, 2.24) is 0 Å². The fourth-order valence-corrected chi connectivity index (χ4v) is 2.75. The lowest BCUT2D eigenvalue weighted by Gasteiger charge is -2.15. The molecule has 0 saturated heterocycles. The molecule has 0 aliphatic heterocycles. The number of esters is 1. The van der Waals surface area contributed by atoms with Gasteiger partial charge < -0.3 is 18.5 Å². The van der Waals surface area contributed by atoms with E-state index in [1.165, 1.54) is 14.2 Å². The Kier molecular flexibility index (Phi) is 7.32. The van der Waals surface area contributed by atoms with Crippen LogP contribution in [0, 0.1) is 0 Å². The Morgan fingerprint density at radius 3 is 2.18 bits per heavy atom. The molecule has 1 aromatic carbocycles. The molecule has 0 aromatic heterocycles. The van der Waals surface area contributed by atoms with Crippen LogP contribution in [-0.4, -0.2) is 40.1 Å². The number of benzene rings is 1. The van der Waals surface area contributed by atoms with Crippen molar-refractivity contribution in [2.45, 2.75) is 6.92 Å². The molecule has 22 heavy (non-hydrogen) atoms. The number of hydrogen-bond acceptors (Lipinski definition) is 6. The molecule has 0 aliphatic rings. The zero-order chi connectivity index (χ0) is 16.6. The van der Waals surface area contributed by atoms with Crippen molar-refractivity contribution < 1.29 is 27.9 Å². The van der Waals surface area contributed by atoms with E-state index in [4.69, 9.17) is 18.5 Å². The minimum Gasteiger partial charge on any atom is -0.497 e. The smallest absolute Gasteiger partial charge is 0.334 e. The van der Waals surface area contributed by atoms with Crippen LogP contribution in [0.25, 0.3) is 6.08 Å². The van der Waals surface area contributed by atoms with Gasteiger partial charge in [-0.2, -0.15) is 0 Å². The SMILES string of the molecule is CCOC(=O)/C(=C\c1ccc(OC)cc1)CP(=O)(OC)OC. The third-order valence-electron chi connectivity index (χ3n) is 2.91. The zero-order valence-corrected chi connectivity index (χ0v) is 14.1. The van der Waals surface area contributed by atoms with Crippen molar-refractivity contribution in [2.75, 3.05) is 34.1 Å². The van der Waals surface area contributed by atoms with Gasteiger partial charge in [0.1, 0.15) is 5.75 Å². The average molecular weight is 328 g/mol. The van der Waals surface area contributed by atoms with E-state index >= 15 is 0 Å². The van der Waals surface area contributed by atoms with Crippen molar-refractivity contribution in [3.63, 3.8) is 0 Å². The summed E-state index contributed by atoms with van der Waals surface area (Å²) in [4.78, 5) is 12.0. The van der Waals surface area contributed by atoms with E-state index in [9.17, 15) is 9.36 Å². The van der Waals surface area contributed by atoms with Crippen molar-refractivity contribution in [1.29, 1.82) is 0 Å². The third-order valence-corrected chi connectivity index (χ3v) is 4.76. The van der Waals surface area contributed by atoms with Crippen molar-refractivity contribution in [3.05, 3.63) is 35.4 Å². The molecule has 122 valence electrons. The highest BCUT2D eigenvalue weighted by atomic mass is 31.2. The van der Waals surface area contributed by atoms with Crippen LogP contribution in [-0.2, 0) is 23.1 Å². The number of carbonyl (C=O) groups excluding carboxylic acids is 1. The molecule has 0 unspecified atom stereocenters. The fourth-order valence-electron chi connectivity index (χ4n) is 1.71. The summed E-state index contributed by atoms with van der Waals surface area (Å²) in [5.41, 5.74) is 0.974. The minimum atomic E-state index is -3.36. The Morgan fingerprint density at radius 1 is 1.14 bits per heavy atom. The van der Waals surface area contributed by atoms with E-state index in [1.807, 2.05) is 0 Å². The molecule has 0 aliphatic carbocycles. The first kappa shape index (κ1) is 18.4. The Labute approximate surface area is 130 Å². The first-order valence-corrected chi connectivity index (χ1v) is 8.43. The molecule has 0 radical (unpaired) electrons. The summed E-state index contributed by atoms with van der Waals surface area (Å²) in [6, 6.07) is 7.09. The molecule has 1 aromatic rings. The topological polar surface area (TPSA) is 71.1 Å². The number of hydrogen-bond donors (Lipinski definition) is 0. The molecule has 0 saturated carbocycles. The summed E-state index contributed by atoms with van der Waals surface area (Å²) in [6.07, 6.45) is 1.44. The average Bonchev–Trinajstić information content (AvgIpc) is 2.55. The molecular formula is C15H21O6P. The van der Waals surface area contributed by atoms with Gasteiger partial charge in [0.15, 0.2) is 0 Å². The highest BCUT2D eigenvalue weighted by Crippen LogP contribution is 2.48. The van der Waals surface area contributed by atoms with Crippen LogP contribution in [0.5, 0.6) is 5.75 Å². The molecule has 7 heteroatoms. The normalized spacial score (nSPS) is 12.1. The van der Waals surface area contributed by atoms with Crippen molar-refractivity contribution >= 4 is 19.6 Å². The van der Waals surface area contributed by atoms with E-state index < -0.39 is 13.6 Å². The van der Waals surface area contributed by atoms with Gasteiger partial charge in [-0.1, -0.05) is 12.1 Å². The molecule has 6 nitrogen and oxygen atoms in total. The molecule has 0 bridgehead atoms. The second-order valence-electron chi connectivity index (χ2n) is 4.30. The molecule has 0 fully saturated rings. The first-order valence-electron chi connectivity index (χ1n) is 6.70. The van der Waals surface area contributed by atoms with Gasteiger partial charge in [-0.15, -0.1) is 0 Å². The quantitative estimate of drug-likeness (QED) is 0.415. The molecule has 1 rings (SSSR count). The van der Waals surface area contributed by atoms with Crippen LogP contribution in [0.1, 0.15) is 12.5 Å². The second-order valence-corrected chi connectivity index (χ2v) is 6.57. The lowest BCUT2D eigenvalue weighted by atomic mass is 10.1. The van der Waals surface area contributed by atoms with Gasteiger partial charge >= 0.3 is 13.6 Å². The van der Waals surface area contributed by atoms with Crippen molar-refractivity contribution in [2.24, 2.45) is 0 Å². The minimum absolute atomic E-state index is 0.162. The fraction of sp³-hybridized carbons (Fsp3) is 0.400. The van der Waals surface area contributed by atoms with Crippen molar-refractivity contribution in [3.8, 4) is 5.75 Å². The van der Waals surface area contributed by atoms with Gasteiger partial charge in [0, 0.05) is 19.8 Å². The van der Waals surface area contributed by atoms with Crippen LogP contribution in [0.4, 0.5) is 0 Å². The van der Waals surface area contributed by atoms with Gasteiger partial charge in [-0.3, -0.25) is 4.57 Å². The van der Waals surface area contributed by atoms with Crippen LogP contribution in [0.2, 0.25) is 0 Å². The molecule has 0 heterocycles. The van der Waals surface area contributed by atoms with E-state index in [1.54, 1.807) is 44.4 Å². The molecular weight excluding hydrogens is 307 g/mol. The predicted molar refractivity (Wildman–Crippen MR) is 84.1 cm³/mol. The summed E-state index contributed by atoms with van der Waals surface area (Å²) in [6.45, 7) is 1.93. The van der Waals surface area contributed by atoms with Gasteiger partial charge in [-0.05, 0) is 30.7 Å². The maximum Gasteiger partial charge on any atom is 0.334 e. The highest BCUT2D eigenvalue weighted by molar-refractivity contribution is 7.54. The molecule has 0 amide bonds. The Hall–Kier alpha value is -1.62. The van der Waals surface area contributed by atoms with E-state index in [0.717, 1.165) is 5.56 Å². The summed E-state index contributed by atoms with van der Waals surface area (Å²) in [7, 11) is 0.767. The molecule has 0 N–H and O–H groups in total. The molecule has 0 spiro atoms. The van der Waals surface area contributed by atoms with Crippen LogP contribution in [0.15, 0.2) is 29.8 Å². The zero-order valence-electron chi connectivity index (χ0n) is 13.2. The van der Waals surface area contributed by atoms with Gasteiger partial charge in [-0.25, -0.2) is 4.79 Å². The number of carbonyl (C=O) groups is 1. The summed E-state index contributed by atoms with van der Waals surface area (Å²) >= 11 is 0. The second kappa shape index (κ2) is 8.73. The maximum absolute atomic E-state index is 12.2. The monoisotopic (exact) mass is 328 g/mol. The number of methoxy groups -OCH3 is 1. The Morgan fingerprint density at radius 2 is 1.73 bits per heavy atom. The standard InChI is InChI=1S/C15H21O6P/c1-5-21-15(16)13(11-22(17,19-3)20-4)10-12-6-8-14(18-2)9-7-12/h6-10H,5,11H2,1-4H3/b13-10-. The van der Waals surface area contributed by atoms with Crippen LogP contribution in [0.3, 0.4) is 0 Å². The summed E-state index contributed by atoms with van der Waals surface area (Å²) < 4.78 is 32.1. The number of rotatable bonds is 8. The molecule has 0 atom stereocenters. The Bertz CT molecular complexity index is 556. The predicted octanol–water partition coefficient (Wildman–Crippen LogP) is 3.13. The number of ether oxygens (including phenoxy) is 2. The third kappa shape index (κ3) is 5.30. The largest absolute Gasteiger partial charge is 0.497 e. The lowest BCUT2D eigenvalue weighted by Crippen LogP contribution is -2.12. The van der Waals surface area contributed by atoms with E-state index in [2.05, 4.69) is 0 Å².